The molecule has 2 aliphatic heterocycles. The number of nitrogens with zero attached hydrogens (tertiary/aromatic N) is 1. The Bertz CT molecular complexity index is 473. The number of aliphatic hydroxyl groups is 1. The van der Waals surface area contributed by atoms with Crippen LogP contribution in [0.3, 0.4) is 0 Å². The van der Waals surface area contributed by atoms with Gasteiger partial charge in [-0.15, -0.1) is 0 Å². The molecule has 2 fully saturated rings. The summed E-state index contributed by atoms with van der Waals surface area (Å²) in [6.45, 7) is -0.0354. The lowest BCUT2D eigenvalue weighted by molar-refractivity contribution is -0.149. The summed E-state index contributed by atoms with van der Waals surface area (Å²) in [5.74, 6) is -2.55. The minimum atomic E-state index is -3.18. The first-order valence-electron chi connectivity index (χ1n) is 5.72. The van der Waals surface area contributed by atoms with Crippen molar-refractivity contribution in [2.24, 2.45) is 5.92 Å². The molecule has 0 saturated carbocycles. The van der Waals surface area contributed by atoms with Gasteiger partial charge in [-0.05, 0) is 6.42 Å². The predicted molar refractivity (Wildman–Crippen MR) is 60.5 cm³/mol. The van der Waals surface area contributed by atoms with Crippen LogP contribution in [0.1, 0.15) is 12.8 Å². The summed E-state index contributed by atoms with van der Waals surface area (Å²) in [6, 6.07) is -1.05. The van der Waals surface area contributed by atoms with Crippen molar-refractivity contribution < 1.29 is 28.2 Å². The van der Waals surface area contributed by atoms with Gasteiger partial charge >= 0.3 is 5.97 Å². The topological polar surface area (TPSA) is 112 Å². The molecule has 0 radical (unpaired) electrons. The van der Waals surface area contributed by atoms with Crippen molar-refractivity contribution in [2.45, 2.75) is 25.0 Å². The van der Waals surface area contributed by atoms with Crippen LogP contribution in [0.2, 0.25) is 0 Å². The molecule has 0 aliphatic carbocycles. The van der Waals surface area contributed by atoms with Gasteiger partial charge in [0.25, 0.3) is 0 Å². The molecule has 102 valence electrons. The van der Waals surface area contributed by atoms with Gasteiger partial charge in [0.1, 0.15) is 6.04 Å². The third kappa shape index (κ3) is 2.49. The lowest BCUT2D eigenvalue weighted by Crippen LogP contribution is -2.44. The number of rotatable bonds is 2. The summed E-state index contributed by atoms with van der Waals surface area (Å²) >= 11 is 0. The van der Waals surface area contributed by atoms with E-state index in [4.69, 9.17) is 5.11 Å². The molecule has 8 heteroatoms. The van der Waals surface area contributed by atoms with Crippen molar-refractivity contribution in [1.82, 2.24) is 4.90 Å². The number of likely N-dealkylation sites (tertiary alicyclic amines) is 1. The molecule has 3 atom stereocenters. The van der Waals surface area contributed by atoms with E-state index in [2.05, 4.69) is 0 Å². The van der Waals surface area contributed by atoms with E-state index < -0.39 is 39.8 Å². The molecule has 2 rings (SSSR count). The first kappa shape index (κ1) is 13.3. The van der Waals surface area contributed by atoms with Crippen LogP contribution in [-0.2, 0) is 19.4 Å². The number of carboxylic acid groups (broad SMARTS) is 1. The lowest BCUT2D eigenvalue weighted by Gasteiger charge is -2.23. The molecule has 1 amide bonds. The Morgan fingerprint density at radius 1 is 1.28 bits per heavy atom. The number of hydrogen-bond donors (Lipinski definition) is 2. The molecule has 2 N–H and O–H groups in total. The van der Waals surface area contributed by atoms with E-state index in [1.807, 2.05) is 0 Å². The molecule has 0 spiro atoms. The van der Waals surface area contributed by atoms with Crippen LogP contribution in [-0.4, -0.2) is 65.6 Å². The van der Waals surface area contributed by atoms with E-state index in [0.29, 0.717) is 0 Å². The second kappa shape index (κ2) is 4.51. The maximum absolute atomic E-state index is 12.1. The smallest absolute Gasteiger partial charge is 0.326 e. The van der Waals surface area contributed by atoms with E-state index in [9.17, 15) is 23.1 Å². The van der Waals surface area contributed by atoms with Gasteiger partial charge in [0, 0.05) is 13.0 Å². The first-order valence-corrected chi connectivity index (χ1v) is 7.54. The molecular weight excluding hydrogens is 262 g/mol. The zero-order valence-electron chi connectivity index (χ0n) is 9.65. The number of carbonyl (C=O) groups is 2. The van der Waals surface area contributed by atoms with Crippen LogP contribution < -0.4 is 0 Å². The number of amides is 1. The first-order chi connectivity index (χ1) is 8.30. The van der Waals surface area contributed by atoms with E-state index >= 15 is 0 Å². The van der Waals surface area contributed by atoms with Crippen molar-refractivity contribution in [3.8, 4) is 0 Å². The van der Waals surface area contributed by atoms with Gasteiger partial charge in [0.2, 0.25) is 5.91 Å². The second-order valence-electron chi connectivity index (χ2n) is 4.83. The zero-order chi connectivity index (χ0) is 13.5. The quantitative estimate of drug-likeness (QED) is 0.633. The number of carbonyl (C=O) groups excluding carboxylic acids is 1. The van der Waals surface area contributed by atoms with Gasteiger partial charge in [-0.25, -0.2) is 13.2 Å². The Morgan fingerprint density at radius 3 is 2.44 bits per heavy atom. The van der Waals surface area contributed by atoms with Gasteiger partial charge < -0.3 is 15.1 Å². The van der Waals surface area contributed by atoms with Crippen LogP contribution in [0, 0.1) is 5.92 Å². The van der Waals surface area contributed by atoms with E-state index in [0.717, 1.165) is 4.90 Å². The highest BCUT2D eigenvalue weighted by molar-refractivity contribution is 7.91. The molecule has 7 nitrogen and oxygen atoms in total. The summed E-state index contributed by atoms with van der Waals surface area (Å²) in [5.41, 5.74) is 0. The summed E-state index contributed by atoms with van der Waals surface area (Å²) in [7, 11) is -3.18. The SMILES string of the molecule is O=C(O)[C@@H]1C[C@H](O)CN1C(=O)C1CCS(=O)(=O)C1. The molecule has 2 aliphatic rings. The van der Waals surface area contributed by atoms with Crippen LogP contribution >= 0.6 is 0 Å². The summed E-state index contributed by atoms with van der Waals surface area (Å²) in [4.78, 5) is 24.2. The number of carboxylic acids is 1. The normalized spacial score (nSPS) is 34.7. The molecule has 1 unspecified atom stereocenters. The van der Waals surface area contributed by atoms with Gasteiger partial charge in [-0.3, -0.25) is 4.79 Å². The fraction of sp³-hybridized carbons (Fsp3) is 0.800. The largest absolute Gasteiger partial charge is 0.480 e. The van der Waals surface area contributed by atoms with Crippen LogP contribution in [0.25, 0.3) is 0 Å². The van der Waals surface area contributed by atoms with Gasteiger partial charge in [0.05, 0.1) is 23.5 Å². The number of sulfone groups is 1. The minimum Gasteiger partial charge on any atom is -0.480 e. The van der Waals surface area contributed by atoms with Crippen LogP contribution in [0.5, 0.6) is 0 Å². The third-order valence-corrected chi connectivity index (χ3v) is 5.20. The fourth-order valence-corrected chi connectivity index (χ4v) is 4.25. The average Bonchev–Trinajstić information content (AvgIpc) is 2.80. The summed E-state index contributed by atoms with van der Waals surface area (Å²) in [6.07, 6.45) is -0.617. The molecular formula is C10H15NO6S. The van der Waals surface area contributed by atoms with Crippen molar-refractivity contribution in [3.63, 3.8) is 0 Å². The number of β-amino-alcohol motifs (C(OH)–C–C–N with tert-alkyl or cyclic N) is 1. The Hall–Kier alpha value is -1.15. The van der Waals surface area contributed by atoms with Crippen LogP contribution in [0.15, 0.2) is 0 Å². The highest BCUT2D eigenvalue weighted by Gasteiger charge is 2.43. The third-order valence-electron chi connectivity index (χ3n) is 3.43. The Labute approximate surface area is 104 Å². The Balaban J connectivity index is 2.11. The van der Waals surface area contributed by atoms with Crippen molar-refractivity contribution in [2.75, 3.05) is 18.1 Å². The van der Waals surface area contributed by atoms with Crippen molar-refractivity contribution in [3.05, 3.63) is 0 Å². The Kier molecular flexibility index (Phi) is 3.33. The van der Waals surface area contributed by atoms with Crippen LogP contribution in [0.4, 0.5) is 0 Å². The number of aliphatic hydroxyl groups excluding tert-OH is 1. The molecule has 0 bridgehead atoms. The predicted octanol–water partition coefficient (Wildman–Crippen LogP) is -1.53. The standard InChI is InChI=1S/C10H15NO6S/c12-7-3-8(10(14)15)11(4-7)9(13)6-1-2-18(16,17)5-6/h6-8,12H,1-5H2,(H,14,15)/t6?,7-,8-/m0/s1. The van der Waals surface area contributed by atoms with E-state index in [-0.39, 0.29) is 30.9 Å². The summed E-state index contributed by atoms with van der Waals surface area (Å²) < 4.78 is 22.6. The highest BCUT2D eigenvalue weighted by atomic mass is 32.2. The number of aliphatic carboxylic acids is 1. The monoisotopic (exact) mass is 277 g/mol. The Morgan fingerprint density at radius 2 is 1.94 bits per heavy atom. The van der Waals surface area contributed by atoms with E-state index in [1.54, 1.807) is 0 Å². The second-order valence-corrected chi connectivity index (χ2v) is 7.06. The minimum absolute atomic E-state index is 0.000539. The average molecular weight is 277 g/mol. The fourth-order valence-electron chi connectivity index (χ4n) is 2.52. The van der Waals surface area contributed by atoms with E-state index in [1.165, 1.54) is 0 Å². The van der Waals surface area contributed by atoms with Gasteiger partial charge in [-0.2, -0.15) is 0 Å². The van der Waals surface area contributed by atoms with Gasteiger partial charge in [-0.1, -0.05) is 0 Å². The molecule has 0 aromatic rings. The van der Waals surface area contributed by atoms with Crippen molar-refractivity contribution >= 4 is 21.7 Å². The van der Waals surface area contributed by atoms with Gasteiger partial charge in [0.15, 0.2) is 9.84 Å². The molecule has 0 aromatic heterocycles. The lowest BCUT2D eigenvalue weighted by atomic mass is 10.1. The molecule has 18 heavy (non-hydrogen) atoms. The maximum atomic E-state index is 12.1. The number of hydrogen-bond acceptors (Lipinski definition) is 5. The zero-order valence-corrected chi connectivity index (χ0v) is 10.5. The maximum Gasteiger partial charge on any atom is 0.326 e. The molecule has 2 saturated heterocycles. The van der Waals surface area contributed by atoms with Crippen molar-refractivity contribution in [1.29, 1.82) is 0 Å². The summed E-state index contributed by atoms with van der Waals surface area (Å²) in [5, 5.41) is 18.4. The molecule has 0 aromatic carbocycles. The molecule has 2 heterocycles. The highest BCUT2D eigenvalue weighted by Crippen LogP contribution is 2.26.